The van der Waals surface area contributed by atoms with Crippen molar-refractivity contribution in [1.29, 1.82) is 0 Å². The largest absolute Gasteiger partial charge is 0.321 e. The third-order valence-electron chi connectivity index (χ3n) is 4.50. The van der Waals surface area contributed by atoms with Gasteiger partial charge in [-0.25, -0.2) is 4.39 Å². The van der Waals surface area contributed by atoms with Crippen molar-refractivity contribution in [1.82, 2.24) is 10.2 Å². The van der Waals surface area contributed by atoms with E-state index in [4.69, 9.17) is 0 Å². The molecule has 4 heteroatoms. The fourth-order valence-electron chi connectivity index (χ4n) is 3.40. The first-order chi connectivity index (χ1) is 9.66. The molecule has 1 aromatic rings. The van der Waals surface area contributed by atoms with Gasteiger partial charge in [-0.15, -0.1) is 0 Å². The molecule has 0 spiro atoms. The first kappa shape index (κ1) is 13.6. The Labute approximate surface area is 119 Å². The highest BCUT2D eigenvalue weighted by Crippen LogP contribution is 2.32. The number of benzene rings is 1. The van der Waals surface area contributed by atoms with Crippen LogP contribution in [0.15, 0.2) is 24.3 Å². The molecular formula is C16H21FN2O. The van der Waals surface area contributed by atoms with Gasteiger partial charge in [0.2, 0.25) is 5.91 Å². The summed E-state index contributed by atoms with van der Waals surface area (Å²) in [6.07, 6.45) is 4.55. The minimum atomic E-state index is -0.320. The van der Waals surface area contributed by atoms with Crippen LogP contribution in [0.2, 0.25) is 0 Å². The van der Waals surface area contributed by atoms with E-state index < -0.39 is 0 Å². The van der Waals surface area contributed by atoms with Crippen LogP contribution in [0.1, 0.15) is 44.3 Å². The molecule has 2 unspecified atom stereocenters. The SMILES string of the molecule is CC1NC(c2ccccc2F)N(CC2CCCC2)C1=O. The second kappa shape index (κ2) is 5.52. The first-order valence-electron chi connectivity index (χ1n) is 7.48. The molecule has 108 valence electrons. The van der Waals surface area contributed by atoms with Crippen molar-refractivity contribution in [3.05, 3.63) is 35.6 Å². The summed E-state index contributed by atoms with van der Waals surface area (Å²) >= 11 is 0. The highest BCUT2D eigenvalue weighted by molar-refractivity contribution is 5.84. The van der Waals surface area contributed by atoms with Crippen LogP contribution in [-0.4, -0.2) is 23.4 Å². The summed E-state index contributed by atoms with van der Waals surface area (Å²) in [5, 5.41) is 3.22. The van der Waals surface area contributed by atoms with Crippen molar-refractivity contribution in [2.75, 3.05) is 6.54 Å². The van der Waals surface area contributed by atoms with E-state index in [2.05, 4.69) is 5.32 Å². The van der Waals surface area contributed by atoms with Crippen molar-refractivity contribution in [3.8, 4) is 0 Å². The summed E-state index contributed by atoms with van der Waals surface area (Å²) in [7, 11) is 0. The molecule has 2 atom stereocenters. The van der Waals surface area contributed by atoms with Gasteiger partial charge in [-0.05, 0) is 31.7 Å². The maximum Gasteiger partial charge on any atom is 0.241 e. The van der Waals surface area contributed by atoms with E-state index in [1.807, 2.05) is 17.9 Å². The van der Waals surface area contributed by atoms with Crippen molar-refractivity contribution in [3.63, 3.8) is 0 Å². The number of hydrogen-bond acceptors (Lipinski definition) is 2. The molecule has 1 aromatic carbocycles. The van der Waals surface area contributed by atoms with Gasteiger partial charge in [0.1, 0.15) is 12.0 Å². The summed E-state index contributed by atoms with van der Waals surface area (Å²) in [5.74, 6) is 0.411. The normalized spacial score (nSPS) is 27.5. The Morgan fingerprint density at radius 3 is 2.70 bits per heavy atom. The molecule has 1 saturated carbocycles. The lowest BCUT2D eigenvalue weighted by atomic mass is 10.1. The van der Waals surface area contributed by atoms with E-state index in [9.17, 15) is 9.18 Å². The molecule has 0 bridgehead atoms. The monoisotopic (exact) mass is 276 g/mol. The number of carbonyl (C=O) groups excluding carboxylic acids is 1. The summed E-state index contributed by atoms with van der Waals surface area (Å²) in [4.78, 5) is 14.2. The number of amides is 1. The number of nitrogens with one attached hydrogen (secondary N) is 1. The smallest absolute Gasteiger partial charge is 0.241 e. The van der Waals surface area contributed by atoms with Crippen LogP contribution in [0.5, 0.6) is 0 Å². The molecule has 1 amide bonds. The molecule has 0 radical (unpaired) electrons. The van der Waals surface area contributed by atoms with Crippen molar-refractivity contribution in [2.24, 2.45) is 5.92 Å². The van der Waals surface area contributed by atoms with Gasteiger partial charge < -0.3 is 4.90 Å². The van der Waals surface area contributed by atoms with E-state index >= 15 is 0 Å². The Balaban J connectivity index is 1.84. The fraction of sp³-hybridized carbons (Fsp3) is 0.562. The standard InChI is InChI=1S/C16H21FN2O/c1-11-16(20)19(10-12-6-2-3-7-12)15(18-11)13-8-4-5-9-14(13)17/h4-5,8-9,11-12,15,18H,2-3,6-7,10H2,1H3. The molecule has 3 rings (SSSR count). The number of carbonyl (C=O) groups is 1. The summed E-state index contributed by atoms with van der Waals surface area (Å²) in [6, 6.07) is 6.49. The molecule has 2 fully saturated rings. The minimum absolute atomic E-state index is 0.0881. The topological polar surface area (TPSA) is 32.3 Å². The molecule has 20 heavy (non-hydrogen) atoms. The molecule has 1 saturated heterocycles. The van der Waals surface area contributed by atoms with Crippen molar-refractivity contribution >= 4 is 5.91 Å². The van der Waals surface area contributed by atoms with E-state index in [-0.39, 0.29) is 23.9 Å². The molecule has 1 aliphatic heterocycles. The van der Waals surface area contributed by atoms with Gasteiger partial charge in [0.25, 0.3) is 0 Å². The highest BCUT2D eigenvalue weighted by Gasteiger charge is 2.39. The lowest BCUT2D eigenvalue weighted by molar-refractivity contribution is -0.130. The van der Waals surface area contributed by atoms with E-state index in [0.29, 0.717) is 11.5 Å². The highest BCUT2D eigenvalue weighted by atomic mass is 19.1. The lowest BCUT2D eigenvalue weighted by Gasteiger charge is -2.27. The summed E-state index contributed by atoms with van der Waals surface area (Å²) in [5.41, 5.74) is 0.572. The van der Waals surface area contributed by atoms with Crippen LogP contribution >= 0.6 is 0 Å². The maximum absolute atomic E-state index is 14.0. The van der Waals surface area contributed by atoms with Gasteiger partial charge in [0.15, 0.2) is 0 Å². The van der Waals surface area contributed by atoms with Gasteiger partial charge in [0, 0.05) is 12.1 Å². The van der Waals surface area contributed by atoms with Crippen LogP contribution < -0.4 is 5.32 Å². The van der Waals surface area contributed by atoms with Gasteiger partial charge in [-0.3, -0.25) is 10.1 Å². The molecule has 3 nitrogen and oxygen atoms in total. The zero-order valence-electron chi connectivity index (χ0n) is 11.8. The van der Waals surface area contributed by atoms with Crippen molar-refractivity contribution < 1.29 is 9.18 Å². The fourth-order valence-corrected chi connectivity index (χ4v) is 3.40. The first-order valence-corrected chi connectivity index (χ1v) is 7.48. The molecule has 1 aliphatic carbocycles. The molecule has 2 aliphatic rings. The minimum Gasteiger partial charge on any atom is -0.321 e. The Morgan fingerprint density at radius 1 is 1.30 bits per heavy atom. The third-order valence-corrected chi connectivity index (χ3v) is 4.50. The Hall–Kier alpha value is -1.42. The van der Waals surface area contributed by atoms with Crippen LogP contribution in [-0.2, 0) is 4.79 Å². The molecule has 1 heterocycles. The Bertz CT molecular complexity index is 499. The number of nitrogens with zero attached hydrogens (tertiary/aromatic N) is 1. The van der Waals surface area contributed by atoms with Crippen LogP contribution in [0.4, 0.5) is 4.39 Å². The van der Waals surface area contributed by atoms with Gasteiger partial charge >= 0.3 is 0 Å². The second-order valence-corrected chi connectivity index (χ2v) is 5.95. The quantitative estimate of drug-likeness (QED) is 0.920. The van der Waals surface area contributed by atoms with E-state index in [1.165, 1.54) is 31.7 Å². The predicted molar refractivity (Wildman–Crippen MR) is 75.4 cm³/mol. The summed E-state index contributed by atoms with van der Waals surface area (Å²) in [6.45, 7) is 2.60. The third kappa shape index (κ3) is 2.44. The van der Waals surface area contributed by atoms with Crippen LogP contribution in [0, 0.1) is 11.7 Å². The second-order valence-electron chi connectivity index (χ2n) is 5.95. The number of rotatable bonds is 3. The van der Waals surface area contributed by atoms with E-state index in [0.717, 1.165) is 6.54 Å². The maximum atomic E-state index is 14.0. The lowest BCUT2D eigenvalue weighted by Crippen LogP contribution is -2.34. The summed E-state index contributed by atoms with van der Waals surface area (Å²) < 4.78 is 14.0. The van der Waals surface area contributed by atoms with Crippen molar-refractivity contribution in [2.45, 2.75) is 44.8 Å². The van der Waals surface area contributed by atoms with Gasteiger partial charge in [-0.1, -0.05) is 31.0 Å². The molecule has 1 N–H and O–H groups in total. The number of halogens is 1. The predicted octanol–water partition coefficient (Wildman–Crippen LogP) is 2.83. The molecular weight excluding hydrogens is 255 g/mol. The van der Waals surface area contributed by atoms with E-state index in [1.54, 1.807) is 12.1 Å². The average molecular weight is 276 g/mol. The zero-order valence-corrected chi connectivity index (χ0v) is 11.8. The molecule has 0 aromatic heterocycles. The van der Waals surface area contributed by atoms with Gasteiger partial charge in [0.05, 0.1) is 6.04 Å². The zero-order chi connectivity index (χ0) is 14.1. The average Bonchev–Trinajstić information content (AvgIpc) is 3.04. The number of hydrogen-bond donors (Lipinski definition) is 1. The Kier molecular flexibility index (Phi) is 3.74. The van der Waals surface area contributed by atoms with Gasteiger partial charge in [-0.2, -0.15) is 0 Å². The Morgan fingerprint density at radius 2 is 2.00 bits per heavy atom. The van der Waals surface area contributed by atoms with Crippen LogP contribution in [0.3, 0.4) is 0 Å². The van der Waals surface area contributed by atoms with Crippen LogP contribution in [0.25, 0.3) is 0 Å².